The van der Waals surface area contributed by atoms with Gasteiger partial charge in [0.2, 0.25) is 0 Å². The maximum Gasteiger partial charge on any atom is 1.00 e. The van der Waals surface area contributed by atoms with Gasteiger partial charge in [-0.15, -0.1) is 0 Å². The number of hydrogen-bond donors (Lipinski definition) is 0. The van der Waals surface area contributed by atoms with Gasteiger partial charge < -0.3 is 9.84 Å². The van der Waals surface area contributed by atoms with Crippen LogP contribution in [0, 0.1) is 0 Å². The molecule has 0 aromatic heterocycles. The first kappa shape index (κ1) is 12.1. The Balaban J connectivity index is 0. The van der Waals surface area contributed by atoms with Crippen LogP contribution in [0.25, 0.3) is 0 Å². The molecule has 0 bridgehead atoms. The summed E-state index contributed by atoms with van der Waals surface area (Å²) in [5.74, 6) is -0.213. The summed E-state index contributed by atoms with van der Waals surface area (Å²) in [7, 11) is 0. The minimum atomic E-state index is -0.213. The second-order valence-electron chi connectivity index (χ2n) is 1.36. The van der Waals surface area contributed by atoms with E-state index >= 15 is 0 Å². The molecule has 2 nitrogen and oxygen atoms in total. The van der Waals surface area contributed by atoms with Crippen LogP contribution in [-0.2, 0) is 4.74 Å². The van der Waals surface area contributed by atoms with Crippen LogP contribution in [0.15, 0.2) is 12.0 Å². The van der Waals surface area contributed by atoms with Crippen molar-refractivity contribution in [3.8, 4) is 0 Å². The Hall–Kier alpha value is 0.340. The second kappa shape index (κ2) is 8.34. The van der Waals surface area contributed by atoms with Crippen molar-refractivity contribution in [1.82, 2.24) is 0 Å². The standard InChI is InChI=1S/C6H12O2.Na/c1-3-5-6(7)8-4-2;/h5,7H,3-4H2,1-2H3;/q;+1/p-1/b6-5+;. The summed E-state index contributed by atoms with van der Waals surface area (Å²) in [4.78, 5) is 0. The molecule has 0 saturated heterocycles. The van der Waals surface area contributed by atoms with Crippen LogP contribution in [0.5, 0.6) is 0 Å². The Morgan fingerprint density at radius 1 is 1.56 bits per heavy atom. The predicted octanol–water partition coefficient (Wildman–Crippen LogP) is -2.36. The number of ether oxygens (including phenoxy) is 1. The van der Waals surface area contributed by atoms with Gasteiger partial charge in [0.15, 0.2) is 0 Å². The molecule has 0 unspecified atom stereocenters. The molecule has 0 spiro atoms. The molecule has 0 fully saturated rings. The normalized spacial score (nSPS) is 10.2. The molecule has 0 atom stereocenters. The van der Waals surface area contributed by atoms with E-state index in [1.54, 1.807) is 6.92 Å². The van der Waals surface area contributed by atoms with E-state index in [0.29, 0.717) is 6.61 Å². The zero-order valence-electron chi connectivity index (χ0n) is 6.31. The van der Waals surface area contributed by atoms with Crippen LogP contribution in [0.1, 0.15) is 20.3 Å². The molecule has 0 aromatic carbocycles. The monoisotopic (exact) mass is 138 g/mol. The minimum absolute atomic E-state index is 0. The van der Waals surface area contributed by atoms with Gasteiger partial charge in [0, 0.05) is 5.95 Å². The molecule has 0 aliphatic rings. The van der Waals surface area contributed by atoms with Crippen LogP contribution in [-0.4, -0.2) is 6.61 Å². The maximum absolute atomic E-state index is 10.4. The number of allylic oxidation sites excluding steroid dienone is 1. The summed E-state index contributed by atoms with van der Waals surface area (Å²) in [5, 5.41) is 10.4. The second-order valence-corrected chi connectivity index (χ2v) is 1.36. The Labute approximate surface area is 78.2 Å². The third kappa shape index (κ3) is 8.34. The first-order valence-electron chi connectivity index (χ1n) is 2.81. The van der Waals surface area contributed by atoms with Crippen molar-refractivity contribution in [1.29, 1.82) is 0 Å². The number of rotatable bonds is 3. The molecule has 0 aliphatic carbocycles. The van der Waals surface area contributed by atoms with Crippen molar-refractivity contribution in [2.45, 2.75) is 20.3 Å². The van der Waals surface area contributed by atoms with Gasteiger partial charge in [0.25, 0.3) is 0 Å². The van der Waals surface area contributed by atoms with Gasteiger partial charge in [-0.05, 0) is 13.0 Å². The van der Waals surface area contributed by atoms with Gasteiger partial charge in [-0.1, -0.05) is 19.9 Å². The fourth-order valence-electron chi connectivity index (χ4n) is 0.368. The SMILES string of the molecule is CC/C=C(\[O-])OCC.[Na+]. The van der Waals surface area contributed by atoms with E-state index in [9.17, 15) is 5.11 Å². The molecule has 0 rings (SSSR count). The van der Waals surface area contributed by atoms with Crippen LogP contribution >= 0.6 is 0 Å². The van der Waals surface area contributed by atoms with Crippen LogP contribution in [0.2, 0.25) is 0 Å². The van der Waals surface area contributed by atoms with Gasteiger partial charge in [-0.25, -0.2) is 0 Å². The summed E-state index contributed by atoms with van der Waals surface area (Å²) in [6, 6.07) is 0. The molecular formula is C6H11NaO2. The topological polar surface area (TPSA) is 32.3 Å². The maximum atomic E-state index is 10.4. The molecule has 0 heterocycles. The Bertz CT molecular complexity index is 81.1. The van der Waals surface area contributed by atoms with E-state index in [-0.39, 0.29) is 35.5 Å². The molecule has 9 heavy (non-hydrogen) atoms. The summed E-state index contributed by atoms with van der Waals surface area (Å²) >= 11 is 0. The van der Waals surface area contributed by atoms with Gasteiger partial charge in [0.05, 0.1) is 0 Å². The van der Waals surface area contributed by atoms with E-state index in [4.69, 9.17) is 0 Å². The van der Waals surface area contributed by atoms with Crippen molar-refractivity contribution in [2.24, 2.45) is 0 Å². The number of hydrogen-bond acceptors (Lipinski definition) is 2. The van der Waals surface area contributed by atoms with Crippen LogP contribution in [0.3, 0.4) is 0 Å². The molecular weight excluding hydrogens is 127 g/mol. The Morgan fingerprint density at radius 2 is 2.11 bits per heavy atom. The van der Waals surface area contributed by atoms with Crippen molar-refractivity contribution >= 4 is 0 Å². The molecule has 0 radical (unpaired) electrons. The third-order valence-electron chi connectivity index (χ3n) is 0.657. The largest absolute Gasteiger partial charge is 1.00 e. The van der Waals surface area contributed by atoms with E-state index in [1.807, 2.05) is 6.92 Å². The molecule has 48 valence electrons. The summed E-state index contributed by atoms with van der Waals surface area (Å²) in [6.07, 6.45) is 2.27. The van der Waals surface area contributed by atoms with Crippen molar-refractivity contribution in [3.05, 3.63) is 12.0 Å². The van der Waals surface area contributed by atoms with Crippen LogP contribution < -0.4 is 34.7 Å². The zero-order valence-corrected chi connectivity index (χ0v) is 8.31. The molecule has 0 N–H and O–H groups in total. The Kier molecular flexibility index (Phi) is 11.2. The summed E-state index contributed by atoms with van der Waals surface area (Å²) in [5.41, 5.74) is 0. The van der Waals surface area contributed by atoms with Gasteiger partial charge in [-0.2, -0.15) is 0 Å². The third-order valence-corrected chi connectivity index (χ3v) is 0.657. The van der Waals surface area contributed by atoms with Crippen molar-refractivity contribution in [3.63, 3.8) is 0 Å². The predicted molar refractivity (Wildman–Crippen MR) is 30.0 cm³/mol. The van der Waals surface area contributed by atoms with E-state index in [1.165, 1.54) is 6.08 Å². The summed E-state index contributed by atoms with van der Waals surface area (Å²) < 4.78 is 4.59. The Morgan fingerprint density at radius 3 is 2.44 bits per heavy atom. The smallest absolute Gasteiger partial charge is 0.614 e. The van der Waals surface area contributed by atoms with Crippen LogP contribution in [0.4, 0.5) is 0 Å². The van der Waals surface area contributed by atoms with Gasteiger partial charge >= 0.3 is 29.6 Å². The first-order valence-corrected chi connectivity index (χ1v) is 2.81. The van der Waals surface area contributed by atoms with E-state index < -0.39 is 0 Å². The fourth-order valence-corrected chi connectivity index (χ4v) is 0.368. The zero-order chi connectivity index (χ0) is 6.41. The van der Waals surface area contributed by atoms with Crippen molar-refractivity contribution in [2.75, 3.05) is 6.61 Å². The van der Waals surface area contributed by atoms with E-state index in [0.717, 1.165) is 6.42 Å². The average Bonchev–Trinajstić information content (AvgIpc) is 1.68. The average molecular weight is 138 g/mol. The van der Waals surface area contributed by atoms with Gasteiger partial charge in [-0.3, -0.25) is 0 Å². The van der Waals surface area contributed by atoms with E-state index in [2.05, 4.69) is 4.74 Å². The quantitative estimate of drug-likeness (QED) is 0.323. The first-order chi connectivity index (χ1) is 3.81. The molecule has 0 saturated carbocycles. The molecule has 3 heteroatoms. The summed E-state index contributed by atoms with van der Waals surface area (Å²) in [6.45, 7) is 4.16. The molecule has 0 aliphatic heterocycles. The molecule has 0 amide bonds. The fraction of sp³-hybridized carbons (Fsp3) is 0.667. The molecule has 0 aromatic rings. The minimum Gasteiger partial charge on any atom is -0.614 e. The van der Waals surface area contributed by atoms with Gasteiger partial charge in [0.1, 0.15) is 0 Å². The van der Waals surface area contributed by atoms with Crippen molar-refractivity contribution < 1.29 is 39.4 Å².